The molecule has 0 saturated heterocycles. The highest BCUT2D eigenvalue weighted by molar-refractivity contribution is 7.98. The number of esters is 1. The number of hydrogen-bond donors (Lipinski definition) is 1. The number of rotatable bonds is 11. The number of carbonyl (C=O) groups excluding carboxylic acids is 2. The third kappa shape index (κ3) is 7.97. The first-order chi connectivity index (χ1) is 14.1. The minimum absolute atomic E-state index is 0.143. The van der Waals surface area contributed by atoms with Crippen LogP contribution in [-0.2, 0) is 19.1 Å². The van der Waals surface area contributed by atoms with Crippen molar-refractivity contribution in [3.05, 3.63) is 65.7 Å². The number of ether oxygens (including phenoxy) is 3. The van der Waals surface area contributed by atoms with Crippen molar-refractivity contribution >= 4 is 29.9 Å². The van der Waals surface area contributed by atoms with Crippen molar-refractivity contribution < 1.29 is 23.8 Å². The molecule has 0 radical (unpaired) electrons. The molecule has 0 saturated carbocycles. The van der Waals surface area contributed by atoms with Gasteiger partial charge < -0.3 is 14.2 Å². The predicted octanol–water partition coefficient (Wildman–Crippen LogP) is 2.81. The Morgan fingerprint density at radius 1 is 1.14 bits per heavy atom. The lowest BCUT2D eigenvalue weighted by Gasteiger charge is -2.13. The number of carbonyl (C=O) groups is 2. The summed E-state index contributed by atoms with van der Waals surface area (Å²) in [6.07, 6.45) is 2.72. The summed E-state index contributed by atoms with van der Waals surface area (Å²) < 4.78 is 15.6. The molecular formula is C21H24N2O5S. The van der Waals surface area contributed by atoms with Crippen LogP contribution in [0, 0.1) is 0 Å². The monoisotopic (exact) mass is 416 g/mol. The molecule has 0 spiro atoms. The average molecular weight is 416 g/mol. The topological polar surface area (TPSA) is 86.2 Å². The Morgan fingerprint density at radius 3 is 2.52 bits per heavy atom. The molecule has 1 N–H and O–H groups in total. The van der Waals surface area contributed by atoms with E-state index in [4.69, 9.17) is 14.2 Å². The van der Waals surface area contributed by atoms with Crippen LogP contribution in [-0.4, -0.2) is 50.4 Å². The van der Waals surface area contributed by atoms with Crippen LogP contribution >= 0.6 is 11.8 Å². The van der Waals surface area contributed by atoms with E-state index in [0.717, 1.165) is 16.9 Å². The molecular weight excluding hydrogens is 392 g/mol. The van der Waals surface area contributed by atoms with Gasteiger partial charge in [0.25, 0.3) is 5.91 Å². The van der Waals surface area contributed by atoms with E-state index in [1.807, 2.05) is 36.6 Å². The summed E-state index contributed by atoms with van der Waals surface area (Å²) >= 11 is 1.61. The third-order valence-corrected chi connectivity index (χ3v) is 4.33. The van der Waals surface area contributed by atoms with Gasteiger partial charge in [-0.2, -0.15) is 16.9 Å². The summed E-state index contributed by atoms with van der Waals surface area (Å²) in [5, 5.41) is 3.96. The van der Waals surface area contributed by atoms with Crippen LogP contribution in [0.15, 0.2) is 59.7 Å². The Kier molecular flexibility index (Phi) is 9.74. The summed E-state index contributed by atoms with van der Waals surface area (Å²) in [7, 11) is 1.47. The van der Waals surface area contributed by atoms with Gasteiger partial charge in [-0.3, -0.25) is 4.79 Å². The molecule has 154 valence electrons. The molecule has 0 heterocycles. The van der Waals surface area contributed by atoms with Crippen molar-refractivity contribution in [3.63, 3.8) is 0 Å². The molecule has 7 nitrogen and oxygen atoms in total. The van der Waals surface area contributed by atoms with Gasteiger partial charge in [0, 0.05) is 12.9 Å². The van der Waals surface area contributed by atoms with Crippen LogP contribution < -0.4 is 10.2 Å². The third-order valence-electron chi connectivity index (χ3n) is 3.75. The Labute approximate surface area is 174 Å². The zero-order valence-electron chi connectivity index (χ0n) is 16.4. The molecule has 0 unspecified atom stereocenters. The number of nitrogens with zero attached hydrogens (tertiary/aromatic N) is 1. The van der Waals surface area contributed by atoms with E-state index < -0.39 is 12.1 Å². The zero-order chi connectivity index (χ0) is 20.9. The summed E-state index contributed by atoms with van der Waals surface area (Å²) in [5.74, 6) is 0.525. The predicted molar refractivity (Wildman–Crippen MR) is 113 cm³/mol. The number of hydrazone groups is 1. The quantitative estimate of drug-likeness (QED) is 0.262. The van der Waals surface area contributed by atoms with Gasteiger partial charge in [0.2, 0.25) is 0 Å². The van der Waals surface area contributed by atoms with Crippen LogP contribution in [0.4, 0.5) is 0 Å². The lowest BCUT2D eigenvalue weighted by molar-refractivity contribution is -0.145. The van der Waals surface area contributed by atoms with Gasteiger partial charge in [-0.05, 0) is 41.6 Å². The molecule has 2 aromatic carbocycles. The molecule has 0 aliphatic carbocycles. The number of thioether (sulfide) groups is 1. The van der Waals surface area contributed by atoms with Gasteiger partial charge in [-0.25, -0.2) is 10.2 Å². The number of methoxy groups -OCH3 is 1. The summed E-state index contributed by atoms with van der Waals surface area (Å²) in [4.78, 5) is 23.8. The molecule has 1 amide bonds. The van der Waals surface area contributed by atoms with E-state index in [-0.39, 0.29) is 12.5 Å². The molecule has 2 aromatic rings. The number of nitrogens with one attached hydrogen (secondary N) is 1. The number of amides is 1. The summed E-state index contributed by atoms with van der Waals surface area (Å²) in [6, 6.07) is 16.1. The lowest BCUT2D eigenvalue weighted by Crippen LogP contribution is -2.26. The largest absolute Gasteiger partial charge is 0.482 e. The van der Waals surface area contributed by atoms with E-state index in [1.165, 1.54) is 13.3 Å². The molecule has 0 fully saturated rings. The first kappa shape index (κ1) is 22.4. The van der Waals surface area contributed by atoms with Crippen molar-refractivity contribution in [1.29, 1.82) is 0 Å². The number of hydrogen-bond acceptors (Lipinski definition) is 7. The molecule has 2 rings (SSSR count). The normalized spacial score (nSPS) is 11.8. The molecule has 0 aromatic heterocycles. The van der Waals surface area contributed by atoms with E-state index in [9.17, 15) is 9.59 Å². The van der Waals surface area contributed by atoms with Crippen molar-refractivity contribution in [2.75, 3.05) is 32.3 Å². The van der Waals surface area contributed by atoms with Gasteiger partial charge in [0.05, 0.1) is 6.21 Å². The molecule has 8 heteroatoms. The Bertz CT molecular complexity index is 796. The molecule has 1 atom stereocenters. The van der Waals surface area contributed by atoms with E-state index >= 15 is 0 Å². The standard InChI is InChI=1S/C21H24N2O5S/c1-26-20(17-6-4-3-5-7-17)21(25)23-22-14-16-8-10-18(11-9-16)28-15-19(24)27-12-13-29-2/h3-11,14,20H,12-13,15H2,1-2H3,(H,23,25)/b22-14-/t20-/m1/s1. The van der Waals surface area contributed by atoms with Crippen LogP contribution in [0.25, 0.3) is 0 Å². The van der Waals surface area contributed by atoms with E-state index in [2.05, 4.69) is 10.5 Å². The maximum absolute atomic E-state index is 12.2. The van der Waals surface area contributed by atoms with Crippen LogP contribution in [0.1, 0.15) is 17.2 Å². The van der Waals surface area contributed by atoms with Gasteiger partial charge in [0.15, 0.2) is 12.7 Å². The fraction of sp³-hybridized carbons (Fsp3) is 0.286. The molecule has 0 bridgehead atoms. The van der Waals surface area contributed by atoms with Crippen LogP contribution in [0.2, 0.25) is 0 Å². The fourth-order valence-electron chi connectivity index (χ4n) is 2.32. The van der Waals surface area contributed by atoms with Crippen molar-refractivity contribution in [1.82, 2.24) is 5.43 Å². The first-order valence-electron chi connectivity index (χ1n) is 8.92. The second kappa shape index (κ2) is 12.6. The van der Waals surface area contributed by atoms with Gasteiger partial charge in [0.1, 0.15) is 12.4 Å². The van der Waals surface area contributed by atoms with Crippen LogP contribution in [0.5, 0.6) is 5.75 Å². The molecule has 0 aliphatic rings. The second-order valence-corrected chi connectivity index (χ2v) is 6.82. The van der Waals surface area contributed by atoms with Gasteiger partial charge >= 0.3 is 5.97 Å². The Balaban J connectivity index is 1.80. The molecule has 0 aliphatic heterocycles. The number of benzene rings is 2. The summed E-state index contributed by atoms with van der Waals surface area (Å²) in [5.41, 5.74) is 3.98. The maximum atomic E-state index is 12.2. The van der Waals surface area contributed by atoms with Gasteiger partial charge in [-0.1, -0.05) is 30.3 Å². The second-order valence-electron chi connectivity index (χ2n) is 5.83. The lowest BCUT2D eigenvalue weighted by atomic mass is 10.1. The average Bonchev–Trinajstić information content (AvgIpc) is 2.75. The highest BCUT2D eigenvalue weighted by atomic mass is 32.2. The maximum Gasteiger partial charge on any atom is 0.344 e. The van der Waals surface area contributed by atoms with Crippen molar-refractivity contribution in [2.24, 2.45) is 5.10 Å². The van der Waals surface area contributed by atoms with Crippen molar-refractivity contribution in [2.45, 2.75) is 6.10 Å². The minimum Gasteiger partial charge on any atom is -0.482 e. The van der Waals surface area contributed by atoms with E-state index in [1.54, 1.807) is 36.0 Å². The SMILES string of the molecule is CO[C@@H](C(=O)N/N=C\c1ccc(OCC(=O)OCCSC)cc1)c1ccccc1. The van der Waals surface area contributed by atoms with Crippen molar-refractivity contribution in [3.8, 4) is 5.75 Å². The highest BCUT2D eigenvalue weighted by Crippen LogP contribution is 2.16. The summed E-state index contributed by atoms with van der Waals surface area (Å²) in [6.45, 7) is 0.231. The minimum atomic E-state index is -0.736. The highest BCUT2D eigenvalue weighted by Gasteiger charge is 2.19. The smallest absolute Gasteiger partial charge is 0.344 e. The van der Waals surface area contributed by atoms with Gasteiger partial charge in [-0.15, -0.1) is 0 Å². The molecule has 29 heavy (non-hydrogen) atoms. The Morgan fingerprint density at radius 2 is 1.86 bits per heavy atom. The zero-order valence-corrected chi connectivity index (χ0v) is 17.2. The first-order valence-corrected chi connectivity index (χ1v) is 10.3. The Hall–Kier alpha value is -2.84. The van der Waals surface area contributed by atoms with Crippen LogP contribution in [0.3, 0.4) is 0 Å². The fourth-order valence-corrected chi connectivity index (χ4v) is 2.57. The van der Waals surface area contributed by atoms with E-state index in [0.29, 0.717) is 12.4 Å².